The Bertz CT molecular complexity index is 649. The normalized spacial score (nSPS) is 10.9. The highest BCUT2D eigenvalue weighted by Crippen LogP contribution is 2.09. The summed E-state index contributed by atoms with van der Waals surface area (Å²) in [4.78, 5) is 0. The molecule has 1 aromatic heterocycles. The summed E-state index contributed by atoms with van der Waals surface area (Å²) in [7, 11) is 0. The summed E-state index contributed by atoms with van der Waals surface area (Å²) in [6.45, 7) is 1.98. The van der Waals surface area contributed by atoms with Gasteiger partial charge in [-0.1, -0.05) is 47.7 Å². The van der Waals surface area contributed by atoms with E-state index < -0.39 is 0 Å². The first-order valence-electron chi connectivity index (χ1n) is 6.33. The van der Waals surface area contributed by atoms with E-state index in [0.717, 1.165) is 11.0 Å². The molecule has 3 aromatic rings. The van der Waals surface area contributed by atoms with Crippen molar-refractivity contribution in [2.45, 2.75) is 13.2 Å². The first-order chi connectivity index (χ1) is 9.43. The van der Waals surface area contributed by atoms with E-state index in [1.165, 1.54) is 5.56 Å². The second-order valence-corrected chi connectivity index (χ2v) is 4.34. The molecule has 0 aliphatic rings. The Morgan fingerprint density at radius 1 is 0.947 bits per heavy atom. The molecule has 96 valence electrons. The summed E-state index contributed by atoms with van der Waals surface area (Å²) in [5.74, 6) is 0. The van der Waals surface area contributed by atoms with Crippen LogP contribution in [0.5, 0.6) is 0 Å². The predicted molar refractivity (Wildman–Crippen MR) is 73.6 cm³/mol. The van der Waals surface area contributed by atoms with Gasteiger partial charge < -0.3 is 4.74 Å². The summed E-state index contributed by atoms with van der Waals surface area (Å²) < 4.78 is 7.53. The minimum absolute atomic E-state index is 0.627. The van der Waals surface area contributed by atoms with Gasteiger partial charge in [-0.2, -0.15) is 0 Å². The van der Waals surface area contributed by atoms with Gasteiger partial charge in [0.05, 0.1) is 25.3 Å². The molecule has 0 N–H and O–H groups in total. The first-order valence-corrected chi connectivity index (χ1v) is 6.33. The Hall–Kier alpha value is -2.20. The Morgan fingerprint density at radius 3 is 2.63 bits per heavy atom. The van der Waals surface area contributed by atoms with E-state index in [2.05, 4.69) is 22.4 Å². The monoisotopic (exact) mass is 253 g/mol. The number of ether oxygens (including phenoxy) is 1. The fourth-order valence-electron chi connectivity index (χ4n) is 2.00. The van der Waals surface area contributed by atoms with E-state index in [-0.39, 0.29) is 0 Å². The lowest BCUT2D eigenvalue weighted by molar-refractivity contribution is 0.111. The molecule has 0 bridgehead atoms. The second kappa shape index (κ2) is 5.63. The maximum atomic E-state index is 5.65. The van der Waals surface area contributed by atoms with Crippen LogP contribution >= 0.6 is 0 Å². The molecule has 0 aliphatic heterocycles. The predicted octanol–water partition coefficient (Wildman–Crippen LogP) is 2.65. The lowest BCUT2D eigenvalue weighted by Gasteiger charge is -2.05. The van der Waals surface area contributed by atoms with Crippen LogP contribution in [-0.2, 0) is 17.9 Å². The molecular formula is C15H15N3O. The molecule has 4 heteroatoms. The summed E-state index contributed by atoms with van der Waals surface area (Å²) in [5, 5.41) is 8.24. The van der Waals surface area contributed by atoms with E-state index in [0.29, 0.717) is 19.8 Å². The van der Waals surface area contributed by atoms with Gasteiger partial charge in [-0.25, -0.2) is 4.68 Å². The molecule has 0 radical (unpaired) electrons. The van der Waals surface area contributed by atoms with E-state index in [1.54, 1.807) is 0 Å². The number of nitrogens with zero attached hydrogens (tertiary/aromatic N) is 3. The Balaban J connectivity index is 1.55. The number of benzene rings is 2. The van der Waals surface area contributed by atoms with Gasteiger partial charge in [-0.3, -0.25) is 0 Å². The van der Waals surface area contributed by atoms with Gasteiger partial charge in [0.25, 0.3) is 0 Å². The molecule has 0 atom stereocenters. The maximum absolute atomic E-state index is 5.65. The fourth-order valence-corrected chi connectivity index (χ4v) is 2.00. The van der Waals surface area contributed by atoms with Crippen molar-refractivity contribution < 1.29 is 4.74 Å². The number of aromatic nitrogens is 3. The minimum atomic E-state index is 0.627. The molecule has 0 spiro atoms. The summed E-state index contributed by atoms with van der Waals surface area (Å²) in [6, 6.07) is 18.1. The van der Waals surface area contributed by atoms with Crippen LogP contribution in [0.25, 0.3) is 11.0 Å². The number of fused-ring (bicyclic) bond motifs is 1. The van der Waals surface area contributed by atoms with Gasteiger partial charge in [0.2, 0.25) is 0 Å². The fraction of sp³-hybridized carbons (Fsp3) is 0.200. The van der Waals surface area contributed by atoms with Crippen LogP contribution in [0.15, 0.2) is 54.6 Å². The zero-order valence-electron chi connectivity index (χ0n) is 10.6. The van der Waals surface area contributed by atoms with E-state index >= 15 is 0 Å². The third kappa shape index (κ3) is 2.80. The van der Waals surface area contributed by atoms with Crippen LogP contribution in [0.4, 0.5) is 0 Å². The highest BCUT2D eigenvalue weighted by molar-refractivity contribution is 5.73. The van der Waals surface area contributed by atoms with Gasteiger partial charge in [0.1, 0.15) is 5.52 Å². The third-order valence-corrected chi connectivity index (χ3v) is 2.98. The lowest BCUT2D eigenvalue weighted by Crippen LogP contribution is -2.07. The lowest BCUT2D eigenvalue weighted by atomic mass is 10.2. The number of rotatable bonds is 5. The molecule has 4 nitrogen and oxygen atoms in total. The Morgan fingerprint density at radius 2 is 1.74 bits per heavy atom. The summed E-state index contributed by atoms with van der Waals surface area (Å²) in [5.41, 5.74) is 3.15. The average molecular weight is 253 g/mol. The van der Waals surface area contributed by atoms with Crippen LogP contribution in [0.2, 0.25) is 0 Å². The van der Waals surface area contributed by atoms with Crippen LogP contribution in [0.1, 0.15) is 5.56 Å². The van der Waals surface area contributed by atoms with Crippen molar-refractivity contribution in [2.75, 3.05) is 6.61 Å². The summed E-state index contributed by atoms with van der Waals surface area (Å²) in [6.07, 6.45) is 0. The van der Waals surface area contributed by atoms with Crippen LogP contribution in [0, 0.1) is 0 Å². The van der Waals surface area contributed by atoms with Gasteiger partial charge in [0.15, 0.2) is 0 Å². The number of hydrogen-bond donors (Lipinski definition) is 0. The Labute approximate surface area is 111 Å². The zero-order chi connectivity index (χ0) is 12.9. The molecule has 19 heavy (non-hydrogen) atoms. The molecule has 0 saturated carbocycles. The molecular weight excluding hydrogens is 238 g/mol. The highest BCUT2D eigenvalue weighted by Gasteiger charge is 2.02. The standard InChI is InChI=1S/C15H15N3O/c1-2-6-13(7-3-1)12-19-11-10-18-15-9-5-4-8-14(15)16-17-18/h1-9H,10-12H2. The van der Waals surface area contributed by atoms with Crippen LogP contribution < -0.4 is 0 Å². The minimum Gasteiger partial charge on any atom is -0.375 e. The zero-order valence-corrected chi connectivity index (χ0v) is 10.6. The van der Waals surface area contributed by atoms with Crippen molar-refractivity contribution in [2.24, 2.45) is 0 Å². The highest BCUT2D eigenvalue weighted by atomic mass is 16.5. The molecule has 0 amide bonds. The average Bonchev–Trinajstić information content (AvgIpc) is 2.88. The third-order valence-electron chi connectivity index (χ3n) is 2.98. The molecule has 0 unspecified atom stereocenters. The number of hydrogen-bond acceptors (Lipinski definition) is 3. The largest absolute Gasteiger partial charge is 0.375 e. The van der Waals surface area contributed by atoms with E-state index in [4.69, 9.17) is 4.74 Å². The smallest absolute Gasteiger partial charge is 0.113 e. The first kappa shape index (κ1) is 11.9. The molecule has 0 aliphatic carbocycles. The van der Waals surface area contributed by atoms with Crippen LogP contribution in [0.3, 0.4) is 0 Å². The van der Waals surface area contributed by atoms with Gasteiger partial charge >= 0.3 is 0 Å². The topological polar surface area (TPSA) is 39.9 Å². The summed E-state index contributed by atoms with van der Waals surface area (Å²) >= 11 is 0. The van der Waals surface area contributed by atoms with E-state index in [9.17, 15) is 0 Å². The van der Waals surface area contributed by atoms with Crippen molar-refractivity contribution in [3.63, 3.8) is 0 Å². The molecule has 1 heterocycles. The molecule has 0 fully saturated rings. The van der Waals surface area contributed by atoms with Crippen molar-refractivity contribution in [3.8, 4) is 0 Å². The van der Waals surface area contributed by atoms with Crippen molar-refractivity contribution in [1.82, 2.24) is 15.0 Å². The molecule has 3 rings (SSSR count). The molecule has 2 aromatic carbocycles. The Kier molecular flexibility index (Phi) is 3.51. The quantitative estimate of drug-likeness (QED) is 0.656. The number of para-hydroxylation sites is 1. The van der Waals surface area contributed by atoms with Gasteiger partial charge in [0, 0.05) is 0 Å². The van der Waals surface area contributed by atoms with Crippen molar-refractivity contribution in [1.29, 1.82) is 0 Å². The SMILES string of the molecule is c1ccc(COCCn2nnc3ccccc32)cc1. The van der Waals surface area contributed by atoms with E-state index in [1.807, 2.05) is 47.1 Å². The van der Waals surface area contributed by atoms with Crippen LogP contribution in [-0.4, -0.2) is 21.6 Å². The van der Waals surface area contributed by atoms with Crippen molar-refractivity contribution in [3.05, 3.63) is 60.2 Å². The second-order valence-electron chi connectivity index (χ2n) is 4.34. The van der Waals surface area contributed by atoms with Gasteiger partial charge in [-0.15, -0.1) is 5.10 Å². The maximum Gasteiger partial charge on any atom is 0.113 e. The van der Waals surface area contributed by atoms with Gasteiger partial charge in [-0.05, 0) is 17.7 Å². The molecule has 0 saturated heterocycles. The van der Waals surface area contributed by atoms with Crippen molar-refractivity contribution >= 4 is 11.0 Å².